The van der Waals surface area contributed by atoms with Gasteiger partial charge < -0.3 is 14.8 Å². The fraction of sp³-hybridized carbons (Fsp3) is 0.355. The number of aromatic nitrogens is 2. The van der Waals surface area contributed by atoms with Gasteiger partial charge in [0.25, 0.3) is 0 Å². The van der Waals surface area contributed by atoms with Gasteiger partial charge in [-0.05, 0) is 62.4 Å². The summed E-state index contributed by atoms with van der Waals surface area (Å²) in [6.45, 7) is 3.76. The van der Waals surface area contributed by atoms with E-state index in [1.165, 1.54) is 0 Å². The van der Waals surface area contributed by atoms with Crippen LogP contribution in [0.3, 0.4) is 0 Å². The van der Waals surface area contributed by atoms with Crippen molar-refractivity contribution in [2.45, 2.75) is 49.9 Å². The van der Waals surface area contributed by atoms with Crippen molar-refractivity contribution in [3.8, 4) is 11.4 Å². The zero-order valence-corrected chi connectivity index (χ0v) is 24.0. The third kappa shape index (κ3) is 7.92. The second-order valence-electron chi connectivity index (χ2n) is 9.82. The lowest BCUT2D eigenvalue weighted by Crippen LogP contribution is -2.24. The Hall–Kier alpha value is -3.69. The fourth-order valence-corrected chi connectivity index (χ4v) is 5.90. The average Bonchev–Trinajstić information content (AvgIpc) is 3.34. The maximum absolute atomic E-state index is 13.6. The van der Waals surface area contributed by atoms with E-state index >= 15 is 0 Å². The molecule has 0 aliphatic rings. The summed E-state index contributed by atoms with van der Waals surface area (Å²) in [5.74, 6) is 0.561. The highest BCUT2D eigenvalue weighted by atomic mass is 32.2. The number of hydrogen-bond acceptors (Lipinski definition) is 6. The molecule has 3 aromatic carbocycles. The van der Waals surface area contributed by atoms with Crippen molar-refractivity contribution in [3.63, 3.8) is 0 Å². The summed E-state index contributed by atoms with van der Waals surface area (Å²) in [6.07, 6.45) is 3.78. The van der Waals surface area contributed by atoms with Crippen molar-refractivity contribution in [1.29, 1.82) is 0 Å². The number of imidazole rings is 1. The molecule has 0 saturated carbocycles. The molecular weight excluding hydrogens is 526 g/mol. The van der Waals surface area contributed by atoms with Gasteiger partial charge in [0.1, 0.15) is 5.75 Å². The first-order chi connectivity index (χ1) is 19.4. The average molecular weight is 564 g/mol. The van der Waals surface area contributed by atoms with E-state index in [1.807, 2.05) is 61.5 Å². The van der Waals surface area contributed by atoms with Crippen LogP contribution in [0.2, 0.25) is 0 Å². The van der Waals surface area contributed by atoms with Crippen molar-refractivity contribution in [1.82, 2.24) is 14.9 Å². The Kier molecular flexibility index (Phi) is 10.3. The van der Waals surface area contributed by atoms with Crippen LogP contribution in [0, 0.1) is 6.92 Å². The molecule has 212 valence electrons. The van der Waals surface area contributed by atoms with Gasteiger partial charge in [0.15, 0.2) is 0 Å². The molecule has 4 rings (SSSR count). The quantitative estimate of drug-likeness (QED) is 0.195. The predicted molar refractivity (Wildman–Crippen MR) is 157 cm³/mol. The van der Waals surface area contributed by atoms with Crippen LogP contribution in [0.15, 0.2) is 78.0 Å². The summed E-state index contributed by atoms with van der Waals surface area (Å²) in [7, 11) is -2.10. The maximum atomic E-state index is 13.6. The molecule has 0 aliphatic heterocycles. The number of hydrogen-bond donors (Lipinski definition) is 1. The number of carbonyl (C=O) groups is 1. The second-order valence-corrected chi connectivity index (χ2v) is 11.7. The number of rotatable bonds is 15. The standard InChI is InChI=1S/C31H37N3O5S/c1-24-13-15-26(16-14-24)34-29-22-27(39-21-8-4-7-12-30(35)32-19-9-20-38-2)17-18-28(29)33-31(34)40(36,37)23-25-10-5-3-6-11-25/h3,5-6,10-11,13-18,22H,4,7-9,12,19-21,23H2,1-2H3,(H,32,35). The Labute approximate surface area is 236 Å². The van der Waals surface area contributed by atoms with E-state index in [-0.39, 0.29) is 16.8 Å². The van der Waals surface area contributed by atoms with Gasteiger partial charge in [-0.3, -0.25) is 9.36 Å². The van der Waals surface area contributed by atoms with Crippen molar-refractivity contribution < 1.29 is 22.7 Å². The SMILES string of the molecule is COCCCNC(=O)CCCCCOc1ccc2nc(S(=O)(=O)Cc3ccccc3)n(-c3ccc(C)cc3)c2c1. The van der Waals surface area contributed by atoms with Gasteiger partial charge in [0, 0.05) is 38.4 Å². The molecule has 1 amide bonds. The number of aryl methyl sites for hydroxylation is 1. The molecule has 0 fully saturated rings. The maximum Gasteiger partial charge on any atom is 0.233 e. The van der Waals surface area contributed by atoms with Crippen molar-refractivity contribution in [2.75, 3.05) is 26.9 Å². The van der Waals surface area contributed by atoms with Gasteiger partial charge in [0.05, 0.1) is 23.4 Å². The van der Waals surface area contributed by atoms with Crippen molar-refractivity contribution in [3.05, 3.63) is 83.9 Å². The van der Waals surface area contributed by atoms with Crippen LogP contribution in [-0.2, 0) is 25.1 Å². The van der Waals surface area contributed by atoms with Gasteiger partial charge in [-0.2, -0.15) is 0 Å². The summed E-state index contributed by atoms with van der Waals surface area (Å²) >= 11 is 0. The number of nitrogens with zero attached hydrogens (tertiary/aromatic N) is 2. The van der Waals surface area contributed by atoms with Crippen LogP contribution in [-0.4, -0.2) is 50.7 Å². The third-order valence-electron chi connectivity index (χ3n) is 6.53. The Morgan fingerprint density at radius 3 is 2.45 bits per heavy atom. The number of fused-ring (bicyclic) bond motifs is 1. The van der Waals surface area contributed by atoms with Gasteiger partial charge >= 0.3 is 0 Å². The number of sulfone groups is 1. The lowest BCUT2D eigenvalue weighted by molar-refractivity contribution is -0.121. The minimum absolute atomic E-state index is 0.00727. The van der Waals surface area contributed by atoms with Gasteiger partial charge in [-0.1, -0.05) is 48.0 Å². The lowest BCUT2D eigenvalue weighted by atomic mass is 10.2. The first kappa shape index (κ1) is 29.3. The molecule has 4 aromatic rings. The lowest BCUT2D eigenvalue weighted by Gasteiger charge is -2.11. The van der Waals surface area contributed by atoms with E-state index in [1.54, 1.807) is 29.9 Å². The summed E-state index contributed by atoms with van der Waals surface area (Å²) in [6, 6.07) is 22.3. The minimum Gasteiger partial charge on any atom is -0.494 e. The molecule has 0 unspecified atom stereocenters. The summed E-state index contributed by atoms with van der Waals surface area (Å²) in [5, 5.41) is 2.90. The molecule has 0 bridgehead atoms. The predicted octanol–water partition coefficient (Wildman–Crippen LogP) is 5.40. The van der Waals surface area contributed by atoms with E-state index in [0.29, 0.717) is 48.5 Å². The van der Waals surface area contributed by atoms with Crippen LogP contribution in [0.25, 0.3) is 16.7 Å². The van der Waals surface area contributed by atoms with E-state index in [0.717, 1.165) is 36.9 Å². The number of amides is 1. The van der Waals surface area contributed by atoms with E-state index in [2.05, 4.69) is 10.3 Å². The topological polar surface area (TPSA) is 99.5 Å². The molecule has 40 heavy (non-hydrogen) atoms. The number of benzene rings is 3. The third-order valence-corrected chi connectivity index (χ3v) is 8.07. The van der Waals surface area contributed by atoms with Crippen LogP contribution < -0.4 is 10.1 Å². The zero-order chi connectivity index (χ0) is 28.4. The van der Waals surface area contributed by atoms with Gasteiger partial charge in [-0.25, -0.2) is 13.4 Å². The van der Waals surface area contributed by atoms with Crippen LogP contribution in [0.5, 0.6) is 5.75 Å². The monoisotopic (exact) mass is 563 g/mol. The number of nitrogens with one attached hydrogen (secondary N) is 1. The molecule has 8 nitrogen and oxygen atoms in total. The minimum atomic E-state index is -3.75. The van der Waals surface area contributed by atoms with E-state index in [4.69, 9.17) is 9.47 Å². The number of methoxy groups -OCH3 is 1. The van der Waals surface area contributed by atoms with Crippen LogP contribution in [0.1, 0.15) is 43.2 Å². The number of unbranched alkanes of at least 4 members (excludes halogenated alkanes) is 2. The second kappa shape index (κ2) is 14.1. The zero-order valence-electron chi connectivity index (χ0n) is 23.1. The number of ether oxygens (including phenoxy) is 2. The molecule has 0 saturated heterocycles. The molecule has 1 heterocycles. The fourth-order valence-electron chi connectivity index (χ4n) is 4.42. The van der Waals surface area contributed by atoms with Crippen molar-refractivity contribution in [2.24, 2.45) is 0 Å². The summed E-state index contributed by atoms with van der Waals surface area (Å²) in [5.41, 5.74) is 3.75. The van der Waals surface area contributed by atoms with Crippen molar-refractivity contribution >= 4 is 26.8 Å². The van der Waals surface area contributed by atoms with E-state index < -0.39 is 9.84 Å². The molecule has 1 N–H and O–H groups in total. The molecule has 1 aromatic heterocycles. The number of carbonyl (C=O) groups excluding carboxylic acids is 1. The molecular formula is C31H37N3O5S. The largest absolute Gasteiger partial charge is 0.494 e. The summed E-state index contributed by atoms with van der Waals surface area (Å²) < 4.78 is 39.8. The first-order valence-corrected chi connectivity index (χ1v) is 15.3. The molecule has 0 radical (unpaired) electrons. The van der Waals surface area contributed by atoms with Crippen LogP contribution >= 0.6 is 0 Å². The Balaban J connectivity index is 1.46. The highest BCUT2D eigenvalue weighted by Crippen LogP contribution is 2.29. The highest BCUT2D eigenvalue weighted by molar-refractivity contribution is 7.90. The molecule has 0 spiro atoms. The Morgan fingerprint density at radius 2 is 1.70 bits per heavy atom. The smallest absolute Gasteiger partial charge is 0.233 e. The van der Waals surface area contributed by atoms with E-state index in [9.17, 15) is 13.2 Å². The summed E-state index contributed by atoms with van der Waals surface area (Å²) in [4.78, 5) is 16.5. The van der Waals surface area contributed by atoms with Gasteiger partial charge in [0.2, 0.25) is 20.9 Å². The molecule has 0 aliphatic carbocycles. The van der Waals surface area contributed by atoms with Gasteiger partial charge in [-0.15, -0.1) is 0 Å². The Morgan fingerprint density at radius 1 is 0.925 bits per heavy atom. The highest BCUT2D eigenvalue weighted by Gasteiger charge is 2.25. The van der Waals surface area contributed by atoms with Crippen LogP contribution in [0.4, 0.5) is 0 Å². The first-order valence-electron chi connectivity index (χ1n) is 13.6. The Bertz CT molecular complexity index is 1500. The normalized spacial score (nSPS) is 11.6. The molecule has 9 heteroatoms. The molecule has 0 atom stereocenters.